The van der Waals surface area contributed by atoms with Crippen molar-refractivity contribution in [1.29, 1.82) is 0 Å². The molecule has 0 saturated heterocycles. The second-order valence-corrected chi connectivity index (χ2v) is 10.6. The number of aromatic nitrogens is 1. The lowest BCUT2D eigenvalue weighted by Gasteiger charge is -2.18. The van der Waals surface area contributed by atoms with Gasteiger partial charge in [0.2, 0.25) is 0 Å². The van der Waals surface area contributed by atoms with E-state index < -0.39 is 6.67 Å². The zero-order valence-corrected chi connectivity index (χ0v) is 22.4. The average Bonchev–Trinajstić information content (AvgIpc) is 3.38. The Morgan fingerprint density at radius 2 is 0.756 bits per heavy atom. The molecule has 1 aromatic heterocycles. The third-order valence-corrected chi connectivity index (χ3v) is 8.32. The fourth-order valence-corrected chi connectivity index (χ4v) is 6.49. The summed E-state index contributed by atoms with van der Waals surface area (Å²) in [6.07, 6.45) is 0. The number of para-hydroxylation sites is 2. The molecule has 0 amide bonds. The van der Waals surface area contributed by atoms with Gasteiger partial charge in [0.1, 0.15) is 6.67 Å². The van der Waals surface area contributed by atoms with Crippen LogP contribution in [-0.4, -0.2) is 4.57 Å². The van der Waals surface area contributed by atoms with Crippen molar-refractivity contribution in [3.05, 3.63) is 151 Å². The van der Waals surface area contributed by atoms with Crippen LogP contribution in [0.2, 0.25) is 0 Å². The average molecular weight is 528 g/mol. The minimum absolute atomic E-state index is 0.453. The van der Waals surface area contributed by atoms with Gasteiger partial charge in [0.25, 0.3) is 0 Å². The number of hydrogen-bond acceptors (Lipinski definition) is 0. The van der Waals surface area contributed by atoms with Gasteiger partial charge in [-0.3, -0.25) is 0 Å². The molecule has 41 heavy (non-hydrogen) atoms. The summed E-state index contributed by atoms with van der Waals surface area (Å²) in [7, 11) is 0. The van der Waals surface area contributed by atoms with Gasteiger partial charge in [0.05, 0.1) is 11.0 Å². The van der Waals surface area contributed by atoms with E-state index in [9.17, 15) is 4.39 Å². The first-order valence-corrected chi connectivity index (χ1v) is 14.0. The number of halogens is 1. The predicted octanol–water partition coefficient (Wildman–Crippen LogP) is 10.9. The highest BCUT2D eigenvalue weighted by atomic mass is 19.1. The van der Waals surface area contributed by atoms with Crippen molar-refractivity contribution in [3.8, 4) is 27.9 Å². The van der Waals surface area contributed by atoms with Gasteiger partial charge in [-0.25, -0.2) is 4.39 Å². The van der Waals surface area contributed by atoms with Crippen molar-refractivity contribution in [2.24, 2.45) is 0 Å². The molecule has 0 radical (unpaired) electrons. The van der Waals surface area contributed by atoms with Crippen LogP contribution in [0, 0.1) is 0 Å². The quantitative estimate of drug-likeness (QED) is 0.201. The van der Waals surface area contributed by atoms with Gasteiger partial charge >= 0.3 is 0 Å². The van der Waals surface area contributed by atoms with Crippen LogP contribution in [0.25, 0.3) is 71.3 Å². The number of benzene rings is 7. The molecule has 0 unspecified atom stereocenters. The summed E-state index contributed by atoms with van der Waals surface area (Å²) in [5, 5.41) is 7.33. The van der Waals surface area contributed by atoms with Gasteiger partial charge in [-0.2, -0.15) is 0 Å². The predicted molar refractivity (Wildman–Crippen MR) is 171 cm³/mol. The lowest BCUT2D eigenvalue weighted by Crippen LogP contribution is -1.94. The van der Waals surface area contributed by atoms with E-state index in [1.54, 1.807) is 0 Å². The Morgan fingerprint density at radius 1 is 0.390 bits per heavy atom. The van der Waals surface area contributed by atoms with Crippen LogP contribution in [0.4, 0.5) is 4.39 Å². The number of hydrogen-bond donors (Lipinski definition) is 0. The van der Waals surface area contributed by atoms with Crippen LogP contribution in [0.15, 0.2) is 146 Å². The van der Waals surface area contributed by atoms with E-state index in [0.29, 0.717) is 5.56 Å². The van der Waals surface area contributed by atoms with Crippen molar-refractivity contribution in [1.82, 2.24) is 4.57 Å². The van der Waals surface area contributed by atoms with Crippen LogP contribution >= 0.6 is 0 Å². The first-order chi connectivity index (χ1) is 20.3. The Balaban J connectivity index is 1.36. The Hall–Kier alpha value is -5.21. The van der Waals surface area contributed by atoms with Gasteiger partial charge in [0, 0.05) is 16.5 Å². The van der Waals surface area contributed by atoms with Crippen LogP contribution in [0.3, 0.4) is 0 Å². The first kappa shape index (κ1) is 23.7. The molecular weight excluding hydrogens is 501 g/mol. The van der Waals surface area contributed by atoms with Crippen LogP contribution in [-0.2, 0) is 6.67 Å². The van der Waals surface area contributed by atoms with Crippen molar-refractivity contribution in [3.63, 3.8) is 0 Å². The molecule has 8 aromatic rings. The molecule has 1 nitrogen and oxygen atoms in total. The second kappa shape index (κ2) is 9.46. The van der Waals surface area contributed by atoms with E-state index >= 15 is 0 Å². The third-order valence-electron chi connectivity index (χ3n) is 8.32. The highest BCUT2D eigenvalue weighted by Gasteiger charge is 2.17. The van der Waals surface area contributed by atoms with Gasteiger partial charge < -0.3 is 4.57 Å². The lowest BCUT2D eigenvalue weighted by molar-refractivity contribution is 0.485. The van der Waals surface area contributed by atoms with E-state index in [4.69, 9.17) is 0 Å². The molecule has 0 spiro atoms. The Kier molecular flexibility index (Phi) is 5.46. The molecule has 0 aliphatic carbocycles. The van der Waals surface area contributed by atoms with Crippen molar-refractivity contribution >= 4 is 43.4 Å². The largest absolute Gasteiger partial charge is 0.309 e. The summed E-state index contributed by atoms with van der Waals surface area (Å²) in [5.41, 5.74) is 8.96. The van der Waals surface area contributed by atoms with Crippen molar-refractivity contribution in [2.45, 2.75) is 6.67 Å². The van der Waals surface area contributed by atoms with E-state index in [1.807, 2.05) is 24.3 Å². The summed E-state index contributed by atoms with van der Waals surface area (Å²) >= 11 is 0. The molecule has 0 fully saturated rings. The minimum atomic E-state index is -0.453. The molecule has 7 aromatic carbocycles. The summed E-state index contributed by atoms with van der Waals surface area (Å²) in [5.74, 6) is 0. The number of fused-ring (bicyclic) bond motifs is 5. The van der Waals surface area contributed by atoms with Crippen molar-refractivity contribution < 1.29 is 4.39 Å². The molecule has 194 valence electrons. The molecule has 1 heterocycles. The van der Waals surface area contributed by atoms with E-state index in [1.165, 1.54) is 60.0 Å². The fraction of sp³-hybridized carbons (Fsp3) is 0.0256. The Bertz CT molecular complexity index is 2110. The minimum Gasteiger partial charge on any atom is -0.309 e. The van der Waals surface area contributed by atoms with Crippen LogP contribution < -0.4 is 0 Å². The number of alkyl halides is 1. The maximum absolute atomic E-state index is 13.3. The van der Waals surface area contributed by atoms with E-state index in [2.05, 4.69) is 126 Å². The molecule has 0 saturated carbocycles. The van der Waals surface area contributed by atoms with Crippen LogP contribution in [0.1, 0.15) is 5.56 Å². The first-order valence-electron chi connectivity index (χ1n) is 14.0. The van der Waals surface area contributed by atoms with Gasteiger partial charge in [0.15, 0.2) is 0 Å². The molecule has 0 bridgehead atoms. The Labute approximate surface area is 237 Å². The van der Waals surface area contributed by atoms with Gasteiger partial charge in [-0.05, 0) is 73.6 Å². The van der Waals surface area contributed by atoms with Crippen molar-refractivity contribution in [2.75, 3.05) is 0 Å². The maximum Gasteiger partial charge on any atom is 0.115 e. The van der Waals surface area contributed by atoms with E-state index in [-0.39, 0.29) is 0 Å². The van der Waals surface area contributed by atoms with E-state index in [0.717, 1.165) is 11.3 Å². The lowest BCUT2D eigenvalue weighted by atomic mass is 9.86. The second-order valence-electron chi connectivity index (χ2n) is 10.6. The van der Waals surface area contributed by atoms with Crippen LogP contribution in [0.5, 0.6) is 0 Å². The normalized spacial score (nSPS) is 11.6. The highest BCUT2D eigenvalue weighted by molar-refractivity contribution is 6.21. The number of rotatable bonds is 4. The molecule has 0 aliphatic heterocycles. The molecule has 2 heteroatoms. The highest BCUT2D eigenvalue weighted by Crippen LogP contribution is 2.44. The fourth-order valence-electron chi connectivity index (χ4n) is 6.49. The molecule has 0 atom stereocenters. The molecule has 0 N–H and O–H groups in total. The van der Waals surface area contributed by atoms with Gasteiger partial charge in [-0.1, -0.05) is 121 Å². The molecule has 0 aliphatic rings. The molecular formula is C39H26FN. The third kappa shape index (κ3) is 3.68. The monoisotopic (exact) mass is 527 g/mol. The van der Waals surface area contributed by atoms with Gasteiger partial charge in [-0.15, -0.1) is 0 Å². The SMILES string of the molecule is FCc1ccc(-c2c3ccccc3c(-c3ccc(-n4c5ccccc5c5ccccc54)cc3)c3ccccc23)cc1. The smallest absolute Gasteiger partial charge is 0.115 e. The summed E-state index contributed by atoms with van der Waals surface area (Å²) in [4.78, 5) is 0. The topological polar surface area (TPSA) is 4.93 Å². The maximum atomic E-state index is 13.3. The summed E-state index contributed by atoms with van der Waals surface area (Å²) in [6.45, 7) is -0.453. The number of nitrogens with zero attached hydrogens (tertiary/aromatic N) is 1. The molecule has 8 rings (SSSR count). The standard InChI is InChI=1S/C39H26FN/c40-25-26-17-19-27(20-18-26)38-32-11-1-3-13-34(32)39(35-14-4-2-12-33(35)38)28-21-23-29(24-22-28)41-36-15-7-5-9-30(36)31-10-6-8-16-37(31)41/h1-24H,25H2. The summed E-state index contributed by atoms with van der Waals surface area (Å²) in [6, 6.07) is 51.4. The zero-order chi connectivity index (χ0) is 27.3. The zero-order valence-electron chi connectivity index (χ0n) is 22.4. The Morgan fingerprint density at radius 3 is 1.17 bits per heavy atom. The summed E-state index contributed by atoms with van der Waals surface area (Å²) < 4.78 is 15.6.